The fraction of sp³-hybridized carbons (Fsp3) is 0.500. The number of nitrogens with one attached hydrogen (secondary N) is 2. The lowest BCUT2D eigenvalue weighted by atomic mass is 10.1. The zero-order valence-corrected chi connectivity index (χ0v) is 19.6. The highest BCUT2D eigenvalue weighted by Gasteiger charge is 2.21. The number of halogens is 1. The highest BCUT2D eigenvalue weighted by molar-refractivity contribution is 14.0. The number of para-hydroxylation sites is 1. The first-order chi connectivity index (χ1) is 13.1. The molecule has 1 unspecified atom stereocenters. The molecule has 2 N–H and O–H groups in total. The topological polar surface area (TPSA) is 60.7 Å². The number of aliphatic imine (C=N–C) groups is 1. The van der Waals surface area contributed by atoms with Crippen molar-refractivity contribution in [1.29, 1.82) is 0 Å². The molecule has 2 aromatic rings. The number of benzene rings is 1. The Balaban J connectivity index is 0.00000280. The number of hydrogen-bond donors (Lipinski definition) is 2. The van der Waals surface area contributed by atoms with Crippen LogP contribution in [0.4, 0.5) is 11.6 Å². The van der Waals surface area contributed by atoms with Crippen molar-refractivity contribution in [2.75, 3.05) is 44.0 Å². The number of rotatable bonds is 5. The molecule has 28 heavy (non-hydrogen) atoms. The molecule has 0 amide bonds. The van der Waals surface area contributed by atoms with Crippen molar-refractivity contribution in [3.8, 4) is 0 Å². The third-order valence-electron chi connectivity index (χ3n) is 5.00. The van der Waals surface area contributed by atoms with Crippen LogP contribution in [0.15, 0.2) is 41.5 Å². The van der Waals surface area contributed by atoms with E-state index in [0.29, 0.717) is 12.6 Å². The molecule has 1 aromatic heterocycles. The maximum Gasteiger partial charge on any atom is 0.204 e. The van der Waals surface area contributed by atoms with E-state index >= 15 is 0 Å². The molecule has 0 radical (unpaired) electrons. The average Bonchev–Trinajstić information content (AvgIpc) is 3.07. The zero-order valence-electron chi connectivity index (χ0n) is 17.2. The van der Waals surface area contributed by atoms with Crippen LogP contribution in [-0.2, 0) is 13.6 Å². The van der Waals surface area contributed by atoms with E-state index in [1.165, 1.54) is 12.1 Å². The minimum Gasteiger partial charge on any atom is -0.369 e. The molecule has 0 saturated carbocycles. The SMILES string of the molecule is CN=C(NCc1cnc(N(C)C)n1C)NC1CCCN(c2ccccc2)C1.I. The van der Waals surface area contributed by atoms with Gasteiger partial charge in [-0.25, -0.2) is 4.98 Å². The van der Waals surface area contributed by atoms with Crippen LogP contribution in [0.3, 0.4) is 0 Å². The van der Waals surface area contributed by atoms with Crippen LogP contribution >= 0.6 is 24.0 Å². The highest BCUT2D eigenvalue weighted by Crippen LogP contribution is 2.19. The number of guanidine groups is 1. The van der Waals surface area contributed by atoms with Gasteiger partial charge in [0.05, 0.1) is 18.4 Å². The molecule has 3 rings (SSSR count). The Labute approximate surface area is 185 Å². The van der Waals surface area contributed by atoms with Crippen molar-refractivity contribution in [3.63, 3.8) is 0 Å². The number of aromatic nitrogens is 2. The number of hydrogen-bond acceptors (Lipinski definition) is 4. The lowest BCUT2D eigenvalue weighted by Gasteiger charge is -2.35. The molecular formula is C20H32IN7. The Morgan fingerprint density at radius 3 is 2.68 bits per heavy atom. The number of imidazole rings is 1. The summed E-state index contributed by atoms with van der Waals surface area (Å²) in [4.78, 5) is 13.3. The van der Waals surface area contributed by atoms with Gasteiger partial charge < -0.3 is 25.0 Å². The summed E-state index contributed by atoms with van der Waals surface area (Å²) < 4.78 is 2.10. The lowest BCUT2D eigenvalue weighted by molar-refractivity contribution is 0.467. The Bertz CT molecular complexity index is 757. The van der Waals surface area contributed by atoms with Gasteiger partial charge >= 0.3 is 0 Å². The van der Waals surface area contributed by atoms with E-state index in [9.17, 15) is 0 Å². The van der Waals surface area contributed by atoms with Crippen LogP contribution in [0.5, 0.6) is 0 Å². The summed E-state index contributed by atoms with van der Waals surface area (Å²) in [7, 11) is 7.86. The number of piperidine rings is 1. The second-order valence-electron chi connectivity index (χ2n) is 7.19. The predicted molar refractivity (Wildman–Crippen MR) is 128 cm³/mol. The van der Waals surface area contributed by atoms with Crippen molar-refractivity contribution in [2.24, 2.45) is 12.0 Å². The summed E-state index contributed by atoms with van der Waals surface area (Å²) in [5.41, 5.74) is 2.41. The van der Waals surface area contributed by atoms with Crippen LogP contribution in [-0.4, -0.2) is 55.8 Å². The van der Waals surface area contributed by atoms with Gasteiger partial charge in [-0.1, -0.05) is 18.2 Å². The minimum atomic E-state index is 0. The predicted octanol–water partition coefficient (Wildman–Crippen LogP) is 2.44. The van der Waals surface area contributed by atoms with Crippen LogP contribution in [0, 0.1) is 0 Å². The fourth-order valence-electron chi connectivity index (χ4n) is 3.54. The van der Waals surface area contributed by atoms with Crippen molar-refractivity contribution in [3.05, 3.63) is 42.2 Å². The Kier molecular flexibility index (Phi) is 8.40. The minimum absolute atomic E-state index is 0. The van der Waals surface area contributed by atoms with Crippen molar-refractivity contribution in [2.45, 2.75) is 25.4 Å². The van der Waals surface area contributed by atoms with Gasteiger partial charge in [-0.15, -0.1) is 24.0 Å². The standard InChI is InChI=1S/C20H31N7.HI/c1-21-19(22-13-18-14-23-20(25(2)3)26(18)4)24-16-9-8-12-27(15-16)17-10-6-5-7-11-17;/h5-7,10-11,14,16H,8-9,12-13,15H2,1-4H3,(H2,21,22,24);1H. The zero-order chi connectivity index (χ0) is 19.2. The summed E-state index contributed by atoms with van der Waals surface area (Å²) in [5.74, 6) is 1.78. The first kappa shape index (κ1) is 22.3. The lowest BCUT2D eigenvalue weighted by Crippen LogP contribution is -2.51. The summed E-state index contributed by atoms with van der Waals surface area (Å²) in [5, 5.41) is 7.00. The Morgan fingerprint density at radius 1 is 1.29 bits per heavy atom. The molecule has 1 aromatic carbocycles. The normalized spacial score (nSPS) is 17.1. The Hall–Kier alpha value is -1.97. The molecule has 2 heterocycles. The van der Waals surface area contributed by atoms with Crippen molar-refractivity contribution in [1.82, 2.24) is 20.2 Å². The van der Waals surface area contributed by atoms with E-state index in [-0.39, 0.29) is 24.0 Å². The van der Waals surface area contributed by atoms with Crippen molar-refractivity contribution >= 4 is 41.6 Å². The molecule has 1 aliphatic rings. The van der Waals surface area contributed by atoms with Crippen LogP contribution in [0.1, 0.15) is 18.5 Å². The largest absolute Gasteiger partial charge is 0.369 e. The average molecular weight is 497 g/mol. The third-order valence-corrected chi connectivity index (χ3v) is 5.00. The van der Waals surface area contributed by atoms with Gasteiger partial charge in [-0.05, 0) is 25.0 Å². The van der Waals surface area contributed by atoms with Gasteiger partial charge in [-0.3, -0.25) is 4.99 Å². The quantitative estimate of drug-likeness (QED) is 0.378. The maximum atomic E-state index is 4.46. The molecule has 1 fully saturated rings. The van der Waals surface area contributed by atoms with E-state index < -0.39 is 0 Å². The van der Waals surface area contributed by atoms with E-state index in [4.69, 9.17) is 0 Å². The molecule has 1 aliphatic heterocycles. The second-order valence-corrected chi connectivity index (χ2v) is 7.19. The molecule has 1 atom stereocenters. The summed E-state index contributed by atoms with van der Waals surface area (Å²) in [6, 6.07) is 11.0. The van der Waals surface area contributed by atoms with Crippen LogP contribution in [0.25, 0.3) is 0 Å². The van der Waals surface area contributed by atoms with Gasteiger partial charge in [0, 0.05) is 53.0 Å². The fourth-order valence-corrected chi connectivity index (χ4v) is 3.54. The van der Waals surface area contributed by atoms with Gasteiger partial charge in [-0.2, -0.15) is 0 Å². The summed E-state index contributed by atoms with van der Waals surface area (Å²) >= 11 is 0. The van der Waals surface area contributed by atoms with Gasteiger partial charge in [0.15, 0.2) is 5.96 Å². The molecule has 8 heteroatoms. The number of anilines is 2. The Morgan fingerprint density at radius 2 is 2.04 bits per heavy atom. The van der Waals surface area contributed by atoms with E-state index in [1.54, 1.807) is 0 Å². The molecular weight excluding hydrogens is 465 g/mol. The van der Waals surface area contributed by atoms with Crippen LogP contribution < -0.4 is 20.4 Å². The summed E-state index contributed by atoms with van der Waals surface area (Å²) in [6.45, 7) is 2.78. The third kappa shape index (κ3) is 5.52. The monoisotopic (exact) mass is 497 g/mol. The molecule has 1 saturated heterocycles. The first-order valence-corrected chi connectivity index (χ1v) is 9.53. The van der Waals surface area contributed by atoms with E-state index in [2.05, 4.69) is 60.4 Å². The first-order valence-electron chi connectivity index (χ1n) is 9.53. The van der Waals surface area contributed by atoms with Gasteiger partial charge in [0.25, 0.3) is 0 Å². The summed E-state index contributed by atoms with van der Waals surface area (Å²) in [6.07, 6.45) is 4.24. The van der Waals surface area contributed by atoms with Crippen molar-refractivity contribution < 1.29 is 0 Å². The molecule has 0 bridgehead atoms. The van der Waals surface area contributed by atoms with Crippen LogP contribution in [0.2, 0.25) is 0 Å². The molecule has 0 aliphatic carbocycles. The molecule has 154 valence electrons. The van der Waals surface area contributed by atoms with E-state index in [0.717, 1.165) is 37.1 Å². The van der Waals surface area contributed by atoms with Gasteiger partial charge in [0.1, 0.15) is 0 Å². The molecule has 0 spiro atoms. The number of nitrogens with zero attached hydrogens (tertiary/aromatic N) is 5. The second kappa shape index (κ2) is 10.5. The van der Waals surface area contributed by atoms with Gasteiger partial charge in [0.2, 0.25) is 5.95 Å². The molecule has 7 nitrogen and oxygen atoms in total. The maximum absolute atomic E-state index is 4.46. The van der Waals surface area contributed by atoms with E-state index in [1.807, 2.05) is 39.3 Å². The highest BCUT2D eigenvalue weighted by atomic mass is 127. The smallest absolute Gasteiger partial charge is 0.204 e.